The summed E-state index contributed by atoms with van der Waals surface area (Å²) in [4.78, 5) is 23.1. The largest absolute Gasteiger partial charge is 0.304 e. The summed E-state index contributed by atoms with van der Waals surface area (Å²) in [5.74, 6) is -0.131. The van der Waals surface area contributed by atoms with E-state index in [0.29, 0.717) is 27.4 Å². The van der Waals surface area contributed by atoms with Crippen molar-refractivity contribution < 1.29 is 9.72 Å². The number of anilines is 1. The number of halogens is 2. The smallest absolute Gasteiger partial charge is 0.273 e. The van der Waals surface area contributed by atoms with Gasteiger partial charge in [0.1, 0.15) is 0 Å². The van der Waals surface area contributed by atoms with Crippen molar-refractivity contribution in [2.24, 2.45) is 0 Å². The molecule has 0 radical (unpaired) electrons. The number of hydrogen-bond acceptors (Lipinski definition) is 4. The molecule has 0 fully saturated rings. The molecule has 3 aromatic rings. The van der Waals surface area contributed by atoms with Crippen LogP contribution in [0, 0.1) is 17.0 Å². The molecule has 0 atom stereocenters. The van der Waals surface area contributed by atoms with Crippen molar-refractivity contribution in [3.8, 4) is 0 Å². The molecule has 2 aromatic carbocycles. The van der Waals surface area contributed by atoms with Crippen LogP contribution in [0.1, 0.15) is 21.5 Å². The van der Waals surface area contributed by atoms with Crippen LogP contribution in [0.5, 0.6) is 0 Å². The second-order valence-electron chi connectivity index (χ2n) is 5.81. The van der Waals surface area contributed by atoms with Gasteiger partial charge in [0.05, 0.1) is 15.9 Å². The quantitative estimate of drug-likeness (QED) is 0.447. The Balaban J connectivity index is 1.79. The second-order valence-corrected chi connectivity index (χ2v) is 7.10. The van der Waals surface area contributed by atoms with Crippen molar-refractivity contribution in [3.63, 3.8) is 0 Å². The molecule has 0 aliphatic heterocycles. The molecule has 7 nitrogen and oxygen atoms in total. The van der Waals surface area contributed by atoms with Crippen molar-refractivity contribution in [2.45, 2.75) is 13.5 Å². The first-order valence-corrected chi connectivity index (χ1v) is 9.05. The number of benzene rings is 2. The number of nitrogens with one attached hydrogen (secondary N) is 1. The number of nitro groups is 1. The first kappa shape index (κ1) is 19.1. The maximum Gasteiger partial charge on any atom is 0.273 e. The van der Waals surface area contributed by atoms with Gasteiger partial charge in [0, 0.05) is 28.4 Å². The lowest BCUT2D eigenvalue weighted by atomic mass is 10.1. The highest BCUT2D eigenvalue weighted by molar-refractivity contribution is 9.10. The SMILES string of the molecule is Cc1c(C(=O)Nc2nn(Cc3ccc(Cl)cc3)cc2Br)cccc1[N+](=O)[O-]. The lowest BCUT2D eigenvalue weighted by Gasteiger charge is -2.06. The zero-order valence-electron chi connectivity index (χ0n) is 14.1. The Hall–Kier alpha value is -2.71. The van der Waals surface area contributed by atoms with E-state index in [1.54, 1.807) is 29.9 Å². The maximum absolute atomic E-state index is 12.5. The van der Waals surface area contributed by atoms with Gasteiger partial charge in [0.2, 0.25) is 0 Å². The molecule has 1 aromatic heterocycles. The number of nitro benzene ring substituents is 1. The topological polar surface area (TPSA) is 90.1 Å². The van der Waals surface area contributed by atoms with Crippen molar-refractivity contribution in [3.05, 3.63) is 85.0 Å². The van der Waals surface area contributed by atoms with E-state index < -0.39 is 10.8 Å². The van der Waals surface area contributed by atoms with E-state index >= 15 is 0 Å². The van der Waals surface area contributed by atoms with Gasteiger partial charge in [-0.1, -0.05) is 29.8 Å². The Morgan fingerprint density at radius 3 is 2.67 bits per heavy atom. The average molecular weight is 450 g/mol. The number of hydrogen-bond donors (Lipinski definition) is 1. The number of nitrogens with zero attached hydrogens (tertiary/aromatic N) is 3. The third kappa shape index (κ3) is 4.35. The standard InChI is InChI=1S/C18H14BrClN4O3/c1-11-14(3-2-4-16(11)24(26)27)18(25)21-17-15(19)10-23(22-17)9-12-5-7-13(20)8-6-12/h2-8,10H,9H2,1H3,(H,21,22,25). The Kier molecular flexibility index (Phi) is 5.57. The van der Waals surface area contributed by atoms with Gasteiger partial charge in [0.15, 0.2) is 5.82 Å². The van der Waals surface area contributed by atoms with Crippen LogP contribution in [0.15, 0.2) is 53.1 Å². The summed E-state index contributed by atoms with van der Waals surface area (Å²) in [5, 5.41) is 18.7. The zero-order valence-corrected chi connectivity index (χ0v) is 16.5. The van der Waals surface area contributed by atoms with Gasteiger partial charge in [-0.2, -0.15) is 5.10 Å². The van der Waals surface area contributed by atoms with Gasteiger partial charge in [-0.15, -0.1) is 0 Å². The summed E-state index contributed by atoms with van der Waals surface area (Å²) in [5.41, 5.74) is 1.43. The van der Waals surface area contributed by atoms with Crippen molar-refractivity contribution in [1.29, 1.82) is 0 Å². The van der Waals surface area contributed by atoms with Crippen LogP contribution >= 0.6 is 27.5 Å². The third-order valence-corrected chi connectivity index (χ3v) is 4.79. The number of carbonyl (C=O) groups excluding carboxylic acids is 1. The van der Waals surface area contributed by atoms with Crippen molar-refractivity contribution >= 4 is 44.9 Å². The highest BCUT2D eigenvalue weighted by Gasteiger charge is 2.19. The highest BCUT2D eigenvalue weighted by atomic mass is 79.9. The molecule has 0 spiro atoms. The lowest BCUT2D eigenvalue weighted by molar-refractivity contribution is -0.385. The van der Waals surface area contributed by atoms with Crippen molar-refractivity contribution in [1.82, 2.24) is 9.78 Å². The molecule has 1 heterocycles. The van der Waals surface area contributed by atoms with Gasteiger partial charge in [-0.3, -0.25) is 19.6 Å². The molecule has 0 unspecified atom stereocenters. The molecule has 3 rings (SSSR count). The fourth-order valence-electron chi connectivity index (χ4n) is 2.58. The molecule has 27 heavy (non-hydrogen) atoms. The minimum Gasteiger partial charge on any atom is -0.304 e. The van der Waals surface area contributed by atoms with Gasteiger partial charge in [0.25, 0.3) is 11.6 Å². The molecule has 1 N–H and O–H groups in total. The van der Waals surface area contributed by atoms with Gasteiger partial charge in [-0.05, 0) is 46.6 Å². The van der Waals surface area contributed by atoms with Gasteiger partial charge in [-0.25, -0.2) is 0 Å². The van der Waals surface area contributed by atoms with E-state index in [1.165, 1.54) is 18.2 Å². The van der Waals surface area contributed by atoms with Crippen LogP contribution in [-0.4, -0.2) is 20.6 Å². The predicted octanol–water partition coefficient (Wildman–Crippen LogP) is 4.82. The summed E-state index contributed by atoms with van der Waals surface area (Å²) < 4.78 is 2.27. The van der Waals surface area contributed by atoms with Crippen LogP contribution in [0.4, 0.5) is 11.5 Å². The number of rotatable bonds is 5. The number of aromatic nitrogens is 2. The van der Waals surface area contributed by atoms with Crippen LogP contribution in [0.25, 0.3) is 0 Å². The Labute approximate surface area is 168 Å². The Bertz CT molecular complexity index is 1020. The first-order chi connectivity index (χ1) is 12.8. The molecule has 0 aliphatic rings. The molecular formula is C18H14BrClN4O3. The Morgan fingerprint density at radius 2 is 2.00 bits per heavy atom. The first-order valence-electron chi connectivity index (χ1n) is 7.88. The molecule has 0 saturated carbocycles. The number of carbonyl (C=O) groups is 1. The molecule has 0 saturated heterocycles. The minimum atomic E-state index is -0.511. The maximum atomic E-state index is 12.5. The molecule has 9 heteroatoms. The van der Waals surface area contributed by atoms with Gasteiger partial charge < -0.3 is 5.32 Å². The summed E-state index contributed by atoms with van der Waals surface area (Å²) >= 11 is 9.26. The average Bonchev–Trinajstić information content (AvgIpc) is 2.96. The minimum absolute atomic E-state index is 0.102. The molecule has 0 bridgehead atoms. The van der Waals surface area contributed by atoms with Crippen LogP contribution in [-0.2, 0) is 6.54 Å². The van der Waals surface area contributed by atoms with E-state index in [0.717, 1.165) is 5.56 Å². The van der Waals surface area contributed by atoms with Crippen molar-refractivity contribution in [2.75, 3.05) is 5.32 Å². The Morgan fingerprint density at radius 1 is 1.30 bits per heavy atom. The van der Waals surface area contributed by atoms with E-state index in [-0.39, 0.29) is 11.3 Å². The molecule has 1 amide bonds. The number of amides is 1. The fourth-order valence-corrected chi connectivity index (χ4v) is 3.12. The zero-order chi connectivity index (χ0) is 19.6. The lowest BCUT2D eigenvalue weighted by Crippen LogP contribution is -2.15. The van der Waals surface area contributed by atoms with E-state index in [4.69, 9.17) is 11.6 Å². The molecular weight excluding hydrogens is 436 g/mol. The van der Waals surface area contributed by atoms with Crippen LogP contribution in [0.2, 0.25) is 5.02 Å². The molecule has 0 aliphatic carbocycles. The van der Waals surface area contributed by atoms with Crippen LogP contribution in [0.3, 0.4) is 0 Å². The highest BCUT2D eigenvalue weighted by Crippen LogP contribution is 2.25. The fraction of sp³-hybridized carbons (Fsp3) is 0.111. The van der Waals surface area contributed by atoms with E-state index in [2.05, 4.69) is 26.3 Å². The third-order valence-electron chi connectivity index (χ3n) is 3.95. The normalized spacial score (nSPS) is 10.6. The van der Waals surface area contributed by atoms with E-state index in [1.807, 2.05) is 12.1 Å². The monoisotopic (exact) mass is 448 g/mol. The predicted molar refractivity (Wildman–Crippen MR) is 106 cm³/mol. The summed E-state index contributed by atoms with van der Waals surface area (Å²) in [6.45, 7) is 2.04. The molecule has 138 valence electrons. The summed E-state index contributed by atoms with van der Waals surface area (Å²) in [6, 6.07) is 11.8. The summed E-state index contributed by atoms with van der Waals surface area (Å²) in [7, 11) is 0. The van der Waals surface area contributed by atoms with Gasteiger partial charge >= 0.3 is 0 Å². The summed E-state index contributed by atoms with van der Waals surface area (Å²) in [6.07, 6.45) is 1.74. The van der Waals surface area contributed by atoms with E-state index in [9.17, 15) is 14.9 Å². The second kappa shape index (κ2) is 7.89. The van der Waals surface area contributed by atoms with Crippen LogP contribution < -0.4 is 5.32 Å².